The second-order valence-electron chi connectivity index (χ2n) is 5.47. The van der Waals surface area contributed by atoms with Gasteiger partial charge in [0.25, 0.3) is 0 Å². The minimum absolute atomic E-state index is 0.109. The number of carboxylic acid groups (broad SMARTS) is 1. The second-order valence-corrected chi connectivity index (χ2v) is 5.47. The lowest BCUT2D eigenvalue weighted by Gasteiger charge is -2.33. The zero-order chi connectivity index (χ0) is 13.8. The zero-order valence-corrected chi connectivity index (χ0v) is 11.6. The molecule has 106 valence electrons. The molecule has 1 N–H and O–H groups in total. The lowest BCUT2D eigenvalue weighted by Crippen LogP contribution is -2.37. The number of aliphatic carboxylic acids is 1. The summed E-state index contributed by atoms with van der Waals surface area (Å²) >= 11 is 0. The third kappa shape index (κ3) is 3.80. The zero-order valence-electron chi connectivity index (χ0n) is 11.6. The average molecular weight is 266 g/mol. The maximum Gasteiger partial charge on any atom is 0.303 e. The molecule has 0 aromatic carbocycles. The highest BCUT2D eigenvalue weighted by Gasteiger charge is 2.25. The molecule has 1 aromatic rings. The number of carbonyl (C=O) groups is 1. The van der Waals surface area contributed by atoms with Crippen LogP contribution in [0.3, 0.4) is 0 Å². The normalized spacial score (nSPS) is 18.1. The number of piperidine rings is 1. The third-order valence-electron chi connectivity index (χ3n) is 3.77. The van der Waals surface area contributed by atoms with Crippen LogP contribution in [0, 0.1) is 0 Å². The Balaban J connectivity index is 1.88. The van der Waals surface area contributed by atoms with Crippen LogP contribution >= 0.6 is 0 Å². The summed E-state index contributed by atoms with van der Waals surface area (Å²) < 4.78 is 5.51. The lowest BCUT2D eigenvalue weighted by molar-refractivity contribution is -0.136. The molecule has 0 bridgehead atoms. The van der Waals surface area contributed by atoms with Crippen LogP contribution in [-0.4, -0.2) is 40.1 Å². The molecule has 1 fully saturated rings. The minimum Gasteiger partial charge on any atom is -0.481 e. The van der Waals surface area contributed by atoms with Crippen molar-refractivity contribution in [1.29, 1.82) is 0 Å². The van der Waals surface area contributed by atoms with Crippen LogP contribution < -0.4 is 0 Å². The van der Waals surface area contributed by atoms with Gasteiger partial charge >= 0.3 is 5.97 Å². The summed E-state index contributed by atoms with van der Waals surface area (Å²) in [5, 5.41) is 8.65. The molecule has 0 amide bonds. The molecule has 0 radical (unpaired) electrons. The van der Waals surface area contributed by atoms with Gasteiger partial charge in [0.1, 0.15) is 6.26 Å². The number of carboxylic acids is 1. The smallest absolute Gasteiger partial charge is 0.303 e. The Morgan fingerprint density at radius 3 is 2.79 bits per heavy atom. The van der Waals surface area contributed by atoms with Crippen LogP contribution in [0.5, 0.6) is 0 Å². The average Bonchev–Trinajstić information content (AvgIpc) is 2.85. The first-order valence-electron chi connectivity index (χ1n) is 6.96. The fraction of sp³-hybridized carbons (Fsp3) is 0.714. The molecular formula is C14H22N2O3. The van der Waals surface area contributed by atoms with Gasteiger partial charge in [0.15, 0.2) is 5.89 Å². The number of hydrogen-bond donors (Lipinski definition) is 1. The third-order valence-corrected chi connectivity index (χ3v) is 3.77. The van der Waals surface area contributed by atoms with Crippen molar-refractivity contribution in [3.63, 3.8) is 0 Å². The van der Waals surface area contributed by atoms with Crippen LogP contribution in [0.2, 0.25) is 0 Å². The van der Waals surface area contributed by atoms with E-state index in [2.05, 4.69) is 23.7 Å². The quantitative estimate of drug-likeness (QED) is 0.885. The van der Waals surface area contributed by atoms with Crippen LogP contribution in [0.25, 0.3) is 0 Å². The van der Waals surface area contributed by atoms with Crippen molar-refractivity contribution in [2.75, 3.05) is 13.1 Å². The first kappa shape index (κ1) is 14.1. The number of nitrogens with zero attached hydrogens (tertiary/aromatic N) is 2. The van der Waals surface area contributed by atoms with E-state index in [1.54, 1.807) is 6.26 Å². The molecule has 0 aliphatic carbocycles. The van der Waals surface area contributed by atoms with E-state index in [0.717, 1.165) is 37.5 Å². The van der Waals surface area contributed by atoms with Gasteiger partial charge in [-0.25, -0.2) is 4.98 Å². The fourth-order valence-electron chi connectivity index (χ4n) is 2.52. The number of aromatic nitrogens is 1. The molecule has 2 heterocycles. The molecule has 1 aliphatic rings. The molecular weight excluding hydrogens is 244 g/mol. The van der Waals surface area contributed by atoms with Gasteiger partial charge in [-0.1, -0.05) is 0 Å². The predicted molar refractivity (Wildman–Crippen MR) is 71.1 cm³/mol. The first-order valence-corrected chi connectivity index (χ1v) is 6.96. The van der Waals surface area contributed by atoms with Crippen molar-refractivity contribution in [2.45, 2.75) is 51.5 Å². The monoisotopic (exact) mass is 266 g/mol. The Morgan fingerprint density at radius 1 is 1.53 bits per heavy atom. The molecule has 0 atom stereocenters. The van der Waals surface area contributed by atoms with Crippen molar-refractivity contribution in [3.05, 3.63) is 17.8 Å². The molecule has 0 spiro atoms. The van der Waals surface area contributed by atoms with E-state index < -0.39 is 5.97 Å². The number of aryl methyl sites for hydroxylation is 1. The van der Waals surface area contributed by atoms with Crippen LogP contribution in [0.1, 0.15) is 50.6 Å². The molecule has 0 saturated carbocycles. The maximum absolute atomic E-state index is 10.5. The summed E-state index contributed by atoms with van der Waals surface area (Å²) in [5.74, 6) is 0.368. The summed E-state index contributed by atoms with van der Waals surface area (Å²) in [5.41, 5.74) is 0.753. The standard InChI is InChI=1S/C14H22N2O3/c1-10(2)16-7-5-11(6-8-16)14-15-12(9-19-14)3-4-13(17)18/h9-11H,3-8H2,1-2H3,(H,17,18). The van der Waals surface area contributed by atoms with Crippen LogP contribution in [0.15, 0.2) is 10.7 Å². The Bertz CT molecular complexity index is 420. The van der Waals surface area contributed by atoms with E-state index in [1.165, 1.54) is 0 Å². The van der Waals surface area contributed by atoms with E-state index in [1.807, 2.05) is 0 Å². The molecule has 2 rings (SSSR count). The Morgan fingerprint density at radius 2 is 2.21 bits per heavy atom. The predicted octanol–water partition coefficient (Wildman–Crippen LogP) is 2.28. The SMILES string of the molecule is CC(C)N1CCC(c2nc(CCC(=O)O)co2)CC1. The van der Waals surface area contributed by atoms with Gasteiger partial charge in [-0.05, 0) is 39.8 Å². The highest BCUT2D eigenvalue weighted by Crippen LogP contribution is 2.28. The summed E-state index contributed by atoms with van der Waals surface area (Å²) in [4.78, 5) is 17.4. The summed E-state index contributed by atoms with van der Waals surface area (Å²) in [7, 11) is 0. The van der Waals surface area contributed by atoms with E-state index in [0.29, 0.717) is 18.4 Å². The molecule has 19 heavy (non-hydrogen) atoms. The summed E-state index contributed by atoms with van der Waals surface area (Å²) in [6.07, 6.45) is 4.29. The van der Waals surface area contributed by atoms with Gasteiger partial charge in [-0.3, -0.25) is 4.79 Å². The van der Waals surface area contributed by atoms with E-state index in [-0.39, 0.29) is 6.42 Å². The van der Waals surface area contributed by atoms with E-state index >= 15 is 0 Å². The Hall–Kier alpha value is -1.36. The largest absolute Gasteiger partial charge is 0.481 e. The molecule has 1 aliphatic heterocycles. The first-order chi connectivity index (χ1) is 9.06. The second kappa shape index (κ2) is 6.19. The lowest BCUT2D eigenvalue weighted by atomic mass is 9.96. The molecule has 0 unspecified atom stereocenters. The maximum atomic E-state index is 10.5. The highest BCUT2D eigenvalue weighted by molar-refractivity contribution is 5.66. The van der Waals surface area contributed by atoms with Gasteiger partial charge in [0.05, 0.1) is 12.1 Å². The Labute approximate surface area is 113 Å². The molecule has 1 aromatic heterocycles. The fourth-order valence-corrected chi connectivity index (χ4v) is 2.52. The van der Waals surface area contributed by atoms with Crippen molar-refractivity contribution in [1.82, 2.24) is 9.88 Å². The highest BCUT2D eigenvalue weighted by atomic mass is 16.4. The van der Waals surface area contributed by atoms with E-state index in [9.17, 15) is 4.79 Å². The number of oxazole rings is 1. The van der Waals surface area contributed by atoms with Gasteiger partial charge in [-0.15, -0.1) is 0 Å². The van der Waals surface area contributed by atoms with Crippen molar-refractivity contribution >= 4 is 5.97 Å². The van der Waals surface area contributed by atoms with Crippen LogP contribution in [-0.2, 0) is 11.2 Å². The number of rotatable bonds is 5. The van der Waals surface area contributed by atoms with Gasteiger partial charge in [-0.2, -0.15) is 0 Å². The topological polar surface area (TPSA) is 66.6 Å². The van der Waals surface area contributed by atoms with Crippen molar-refractivity contribution in [3.8, 4) is 0 Å². The number of hydrogen-bond acceptors (Lipinski definition) is 4. The van der Waals surface area contributed by atoms with Crippen molar-refractivity contribution < 1.29 is 14.3 Å². The van der Waals surface area contributed by atoms with E-state index in [4.69, 9.17) is 9.52 Å². The van der Waals surface area contributed by atoms with Gasteiger partial charge < -0.3 is 14.4 Å². The minimum atomic E-state index is -0.796. The number of likely N-dealkylation sites (tertiary alicyclic amines) is 1. The Kier molecular flexibility index (Phi) is 4.58. The molecule has 5 heteroatoms. The van der Waals surface area contributed by atoms with Crippen LogP contribution in [0.4, 0.5) is 0 Å². The van der Waals surface area contributed by atoms with Gasteiger partial charge in [0, 0.05) is 18.4 Å². The van der Waals surface area contributed by atoms with Gasteiger partial charge in [0.2, 0.25) is 0 Å². The molecule has 5 nitrogen and oxygen atoms in total. The van der Waals surface area contributed by atoms with Crippen molar-refractivity contribution in [2.24, 2.45) is 0 Å². The summed E-state index contributed by atoms with van der Waals surface area (Å²) in [6, 6.07) is 0.594. The summed E-state index contributed by atoms with van der Waals surface area (Å²) in [6.45, 7) is 6.59. The molecule has 1 saturated heterocycles.